The number of carbonyl (C=O) groups is 1. The second-order valence-corrected chi connectivity index (χ2v) is 7.08. The summed E-state index contributed by atoms with van der Waals surface area (Å²) in [6.07, 6.45) is 2.11. The maximum absolute atomic E-state index is 13.9. The van der Waals surface area contributed by atoms with Crippen molar-refractivity contribution in [3.05, 3.63) is 75.9 Å². The Morgan fingerprint density at radius 2 is 1.79 bits per heavy atom. The fourth-order valence-electron chi connectivity index (χ4n) is 2.96. The van der Waals surface area contributed by atoms with Crippen LogP contribution in [0.3, 0.4) is 0 Å². The van der Waals surface area contributed by atoms with Gasteiger partial charge in [-0.25, -0.2) is 13.6 Å². The molecular formula is C21H15ClF2N2O3. The van der Waals surface area contributed by atoms with E-state index in [4.69, 9.17) is 21.1 Å². The molecule has 8 heteroatoms. The van der Waals surface area contributed by atoms with Gasteiger partial charge in [0.15, 0.2) is 10.9 Å². The molecule has 5 nitrogen and oxygen atoms in total. The zero-order chi connectivity index (χ0) is 20.5. The van der Waals surface area contributed by atoms with Crippen LogP contribution in [0.1, 0.15) is 40.2 Å². The Morgan fingerprint density at radius 3 is 2.48 bits per heavy atom. The molecule has 0 saturated heterocycles. The Labute approximate surface area is 170 Å². The average Bonchev–Trinajstić information content (AvgIpc) is 3.50. The van der Waals surface area contributed by atoms with Crippen LogP contribution in [0.5, 0.6) is 17.4 Å². The lowest BCUT2D eigenvalue weighted by Gasteiger charge is -2.15. The van der Waals surface area contributed by atoms with Gasteiger partial charge in [0, 0.05) is 6.07 Å². The molecule has 0 atom stereocenters. The van der Waals surface area contributed by atoms with Gasteiger partial charge >= 0.3 is 5.97 Å². The van der Waals surface area contributed by atoms with E-state index in [-0.39, 0.29) is 16.8 Å². The van der Waals surface area contributed by atoms with Crippen molar-refractivity contribution in [3.8, 4) is 17.4 Å². The van der Waals surface area contributed by atoms with E-state index in [0.29, 0.717) is 11.7 Å². The summed E-state index contributed by atoms with van der Waals surface area (Å²) in [5.74, 6) is -2.66. The number of ether oxygens (including phenoxy) is 2. The zero-order valence-corrected chi connectivity index (χ0v) is 16.0. The molecule has 1 aliphatic carbocycles. The van der Waals surface area contributed by atoms with Gasteiger partial charge in [-0.05, 0) is 48.9 Å². The van der Waals surface area contributed by atoms with E-state index < -0.39 is 23.2 Å². The summed E-state index contributed by atoms with van der Waals surface area (Å²) in [4.78, 5) is 12.4. The highest BCUT2D eigenvalue weighted by atomic mass is 35.5. The van der Waals surface area contributed by atoms with Crippen molar-refractivity contribution in [2.24, 2.45) is 0 Å². The van der Waals surface area contributed by atoms with Gasteiger partial charge in [-0.15, -0.1) is 10.2 Å². The molecule has 0 bridgehead atoms. The molecule has 0 unspecified atom stereocenters. The molecule has 1 saturated carbocycles. The third-order valence-corrected chi connectivity index (χ3v) is 4.71. The Hall–Kier alpha value is -3.06. The van der Waals surface area contributed by atoms with E-state index >= 15 is 0 Å². The second-order valence-electron chi connectivity index (χ2n) is 6.69. The van der Waals surface area contributed by atoms with Crippen molar-refractivity contribution < 1.29 is 23.0 Å². The van der Waals surface area contributed by atoms with Gasteiger partial charge in [0.1, 0.15) is 22.9 Å². The van der Waals surface area contributed by atoms with E-state index in [9.17, 15) is 13.6 Å². The lowest BCUT2D eigenvalue weighted by Crippen LogP contribution is -2.14. The Bertz CT molecular complexity index is 1080. The van der Waals surface area contributed by atoms with Crippen LogP contribution in [0.4, 0.5) is 8.78 Å². The van der Waals surface area contributed by atoms with Crippen LogP contribution in [-0.4, -0.2) is 16.2 Å². The Balaban J connectivity index is 1.68. The molecule has 0 aliphatic heterocycles. The highest BCUT2D eigenvalue weighted by Crippen LogP contribution is 2.46. The van der Waals surface area contributed by atoms with Gasteiger partial charge in [-0.2, -0.15) is 0 Å². The SMILES string of the molecule is Cc1cccc(C2CC2)c1Oc1nnc(Cl)cc1OC(=O)c1c(F)cccc1F. The number of hydrogen-bond acceptors (Lipinski definition) is 5. The minimum absolute atomic E-state index is 0.0682. The molecule has 1 heterocycles. The van der Waals surface area contributed by atoms with E-state index in [1.54, 1.807) is 0 Å². The molecule has 1 aromatic heterocycles. The molecule has 0 radical (unpaired) electrons. The lowest BCUT2D eigenvalue weighted by atomic mass is 10.1. The number of benzene rings is 2. The van der Waals surface area contributed by atoms with E-state index in [1.165, 1.54) is 6.07 Å². The maximum Gasteiger partial charge on any atom is 0.349 e. The number of halogens is 3. The number of aryl methyl sites for hydroxylation is 1. The van der Waals surface area contributed by atoms with Crippen LogP contribution in [0.15, 0.2) is 42.5 Å². The first-order valence-corrected chi connectivity index (χ1v) is 9.28. The predicted octanol–water partition coefficient (Wildman–Crippen LogP) is 5.61. The van der Waals surface area contributed by atoms with Gasteiger partial charge in [0.05, 0.1) is 0 Å². The summed E-state index contributed by atoms with van der Waals surface area (Å²) in [5.41, 5.74) is 1.06. The molecular weight excluding hydrogens is 402 g/mol. The quantitative estimate of drug-likeness (QED) is 0.506. The minimum atomic E-state index is -1.23. The Morgan fingerprint density at radius 1 is 1.10 bits per heavy atom. The molecule has 0 spiro atoms. The second kappa shape index (κ2) is 7.75. The van der Waals surface area contributed by atoms with Crippen LogP contribution in [0.25, 0.3) is 0 Å². The maximum atomic E-state index is 13.9. The van der Waals surface area contributed by atoms with Crippen molar-refractivity contribution in [2.75, 3.05) is 0 Å². The van der Waals surface area contributed by atoms with Crippen LogP contribution in [0.2, 0.25) is 5.15 Å². The van der Waals surface area contributed by atoms with Crippen LogP contribution >= 0.6 is 11.6 Å². The molecule has 1 fully saturated rings. The number of aromatic nitrogens is 2. The summed E-state index contributed by atoms with van der Waals surface area (Å²) in [6.45, 7) is 1.88. The number of esters is 1. The van der Waals surface area contributed by atoms with Crippen molar-refractivity contribution in [1.29, 1.82) is 0 Å². The van der Waals surface area contributed by atoms with Gasteiger partial charge in [-0.3, -0.25) is 0 Å². The van der Waals surface area contributed by atoms with E-state index in [1.807, 2.05) is 25.1 Å². The summed E-state index contributed by atoms with van der Waals surface area (Å²) in [5, 5.41) is 7.51. The number of carbonyl (C=O) groups excluding carboxylic acids is 1. The van der Waals surface area contributed by atoms with Crippen molar-refractivity contribution >= 4 is 17.6 Å². The fraction of sp³-hybridized carbons (Fsp3) is 0.190. The van der Waals surface area contributed by atoms with Crippen LogP contribution in [-0.2, 0) is 0 Å². The molecule has 1 aliphatic rings. The first-order valence-electron chi connectivity index (χ1n) is 8.91. The molecule has 0 amide bonds. The molecule has 0 N–H and O–H groups in total. The molecule has 148 valence electrons. The van der Waals surface area contributed by atoms with Crippen molar-refractivity contribution in [1.82, 2.24) is 10.2 Å². The number of hydrogen-bond donors (Lipinski definition) is 0. The Kier molecular flexibility index (Phi) is 5.15. The van der Waals surface area contributed by atoms with E-state index in [0.717, 1.165) is 42.2 Å². The first-order chi connectivity index (χ1) is 13.9. The third kappa shape index (κ3) is 4.05. The first kappa shape index (κ1) is 19.3. The monoisotopic (exact) mass is 416 g/mol. The summed E-state index contributed by atoms with van der Waals surface area (Å²) >= 11 is 5.87. The van der Waals surface area contributed by atoms with Gasteiger partial charge < -0.3 is 9.47 Å². The normalized spacial score (nSPS) is 13.2. The largest absolute Gasteiger partial charge is 0.434 e. The predicted molar refractivity (Wildman–Crippen MR) is 102 cm³/mol. The van der Waals surface area contributed by atoms with Crippen molar-refractivity contribution in [3.63, 3.8) is 0 Å². The minimum Gasteiger partial charge on any atom is -0.434 e. The van der Waals surface area contributed by atoms with Crippen molar-refractivity contribution in [2.45, 2.75) is 25.7 Å². The van der Waals surface area contributed by atoms with Crippen LogP contribution in [0, 0.1) is 18.6 Å². The van der Waals surface area contributed by atoms with Gasteiger partial charge in [0.25, 0.3) is 5.88 Å². The molecule has 29 heavy (non-hydrogen) atoms. The fourth-order valence-corrected chi connectivity index (χ4v) is 3.09. The summed E-state index contributed by atoms with van der Waals surface area (Å²) in [6, 6.07) is 10.1. The van der Waals surface area contributed by atoms with Gasteiger partial charge in [0.2, 0.25) is 0 Å². The van der Waals surface area contributed by atoms with Gasteiger partial charge in [-0.1, -0.05) is 35.9 Å². The standard InChI is InChI=1S/C21H15ClF2N2O3/c1-11-4-2-5-13(12-8-9-12)19(11)29-20-16(10-17(22)25-26-20)28-21(27)18-14(23)6-3-7-15(18)24/h2-7,10,12H,8-9H2,1H3. The topological polar surface area (TPSA) is 61.3 Å². The number of para-hydroxylation sites is 1. The summed E-state index contributed by atoms with van der Waals surface area (Å²) < 4.78 is 38.9. The third-order valence-electron chi connectivity index (χ3n) is 4.53. The average molecular weight is 417 g/mol. The molecule has 4 rings (SSSR count). The molecule has 3 aromatic rings. The smallest absolute Gasteiger partial charge is 0.349 e. The molecule has 2 aromatic carbocycles. The highest BCUT2D eigenvalue weighted by molar-refractivity contribution is 6.29. The van der Waals surface area contributed by atoms with E-state index in [2.05, 4.69) is 10.2 Å². The number of rotatable bonds is 5. The summed E-state index contributed by atoms with van der Waals surface area (Å²) in [7, 11) is 0. The lowest BCUT2D eigenvalue weighted by molar-refractivity contribution is 0.0719. The number of nitrogens with zero attached hydrogens (tertiary/aromatic N) is 2. The highest BCUT2D eigenvalue weighted by Gasteiger charge is 2.29. The van der Waals surface area contributed by atoms with Crippen LogP contribution < -0.4 is 9.47 Å². The zero-order valence-electron chi connectivity index (χ0n) is 15.3.